The number of pyridine rings is 1. The minimum atomic E-state index is -4.51. The number of ether oxygens (including phenoxy) is 1. The molecule has 4 nitrogen and oxygen atoms in total. The fraction of sp³-hybridized carbons (Fsp3) is 0.278. The Balaban J connectivity index is 2.13. The van der Waals surface area contributed by atoms with Gasteiger partial charge in [-0.3, -0.25) is 0 Å². The smallest absolute Gasteiger partial charge is 0.417 e. The highest BCUT2D eigenvalue weighted by Gasteiger charge is 2.32. The van der Waals surface area contributed by atoms with Crippen LogP contribution < -0.4 is 10.5 Å². The summed E-state index contributed by atoms with van der Waals surface area (Å²) >= 11 is 6.04. The number of halogens is 4. The molecule has 0 spiro atoms. The highest BCUT2D eigenvalue weighted by atomic mass is 35.5. The Labute approximate surface area is 153 Å². The van der Waals surface area contributed by atoms with Crippen molar-refractivity contribution in [3.05, 3.63) is 52.8 Å². The zero-order valence-corrected chi connectivity index (χ0v) is 14.9. The molecule has 2 heterocycles. The van der Waals surface area contributed by atoms with Crippen LogP contribution in [-0.2, 0) is 12.7 Å². The summed E-state index contributed by atoms with van der Waals surface area (Å²) < 4.78 is 46.1. The van der Waals surface area contributed by atoms with Gasteiger partial charge in [-0.15, -0.1) is 0 Å². The average molecular weight is 384 g/mol. The van der Waals surface area contributed by atoms with Crippen LogP contribution in [0.5, 0.6) is 5.75 Å². The quantitative estimate of drug-likeness (QED) is 0.695. The zero-order chi connectivity index (χ0) is 19.1. The summed E-state index contributed by atoms with van der Waals surface area (Å²) in [5, 5.41) is -0.0828. The van der Waals surface area contributed by atoms with Crippen LogP contribution >= 0.6 is 11.6 Å². The highest BCUT2D eigenvalue weighted by Crippen LogP contribution is 2.35. The summed E-state index contributed by atoms with van der Waals surface area (Å²) in [7, 11) is 0. The number of hydrogen-bond donors (Lipinski definition) is 1. The van der Waals surface area contributed by atoms with E-state index in [2.05, 4.69) is 4.98 Å². The molecule has 0 saturated carbocycles. The monoisotopic (exact) mass is 383 g/mol. The van der Waals surface area contributed by atoms with Crippen LogP contribution in [0, 0.1) is 0 Å². The maximum atomic E-state index is 13.1. The molecule has 1 aromatic carbocycles. The predicted molar refractivity (Wildman–Crippen MR) is 94.3 cm³/mol. The number of rotatable bonds is 4. The maximum absolute atomic E-state index is 13.1. The van der Waals surface area contributed by atoms with Crippen LogP contribution in [0.3, 0.4) is 0 Å². The molecule has 26 heavy (non-hydrogen) atoms. The van der Waals surface area contributed by atoms with E-state index >= 15 is 0 Å². The molecule has 2 N–H and O–H groups in total. The van der Waals surface area contributed by atoms with Crippen LogP contribution in [0.1, 0.15) is 25.1 Å². The minimum absolute atomic E-state index is 0.0123. The van der Waals surface area contributed by atoms with Gasteiger partial charge in [0, 0.05) is 18.3 Å². The van der Waals surface area contributed by atoms with Gasteiger partial charge in [0.2, 0.25) is 0 Å². The zero-order valence-electron chi connectivity index (χ0n) is 14.1. The van der Waals surface area contributed by atoms with Crippen molar-refractivity contribution >= 4 is 17.2 Å². The third kappa shape index (κ3) is 3.50. The number of fused-ring (bicyclic) bond motifs is 1. The molecule has 0 radical (unpaired) electrons. The van der Waals surface area contributed by atoms with E-state index in [9.17, 15) is 13.2 Å². The molecular weight excluding hydrogens is 367 g/mol. The Bertz CT molecular complexity index is 933. The second-order valence-electron chi connectivity index (χ2n) is 6.07. The van der Waals surface area contributed by atoms with E-state index < -0.39 is 11.7 Å². The number of nitrogens with two attached hydrogens (primary N) is 1. The van der Waals surface area contributed by atoms with Crippen LogP contribution in [0.2, 0.25) is 5.02 Å². The summed E-state index contributed by atoms with van der Waals surface area (Å²) in [6, 6.07) is 8.01. The number of alkyl halides is 3. The summed E-state index contributed by atoms with van der Waals surface area (Å²) in [5.74, 6) is 0.694. The molecule has 0 aliphatic carbocycles. The van der Waals surface area contributed by atoms with E-state index in [4.69, 9.17) is 22.1 Å². The van der Waals surface area contributed by atoms with Crippen LogP contribution in [0.15, 0.2) is 36.5 Å². The average Bonchev–Trinajstić information content (AvgIpc) is 2.93. The van der Waals surface area contributed by atoms with Gasteiger partial charge in [-0.05, 0) is 44.2 Å². The van der Waals surface area contributed by atoms with E-state index in [-0.39, 0.29) is 23.3 Å². The van der Waals surface area contributed by atoms with Crippen molar-refractivity contribution in [1.29, 1.82) is 0 Å². The molecule has 0 saturated heterocycles. The second kappa shape index (κ2) is 6.81. The predicted octanol–water partition coefficient (Wildman–Crippen LogP) is 4.92. The van der Waals surface area contributed by atoms with E-state index in [1.165, 1.54) is 4.40 Å². The van der Waals surface area contributed by atoms with E-state index in [0.717, 1.165) is 17.8 Å². The van der Waals surface area contributed by atoms with Gasteiger partial charge in [0.1, 0.15) is 5.75 Å². The fourth-order valence-electron chi connectivity index (χ4n) is 2.70. The van der Waals surface area contributed by atoms with Crippen LogP contribution in [0.4, 0.5) is 13.2 Å². The summed E-state index contributed by atoms with van der Waals surface area (Å²) in [6.45, 7) is 3.85. The van der Waals surface area contributed by atoms with Crippen molar-refractivity contribution in [2.24, 2.45) is 5.73 Å². The Morgan fingerprint density at radius 2 is 1.88 bits per heavy atom. The van der Waals surface area contributed by atoms with Gasteiger partial charge in [-0.2, -0.15) is 13.2 Å². The molecule has 0 unspecified atom stereocenters. The second-order valence-corrected chi connectivity index (χ2v) is 6.48. The van der Waals surface area contributed by atoms with E-state index in [1.807, 2.05) is 13.8 Å². The normalized spacial score (nSPS) is 12.2. The van der Waals surface area contributed by atoms with E-state index in [1.54, 1.807) is 24.3 Å². The Hall–Kier alpha value is -2.25. The first-order valence-corrected chi connectivity index (χ1v) is 8.33. The lowest BCUT2D eigenvalue weighted by atomic mass is 10.1. The molecule has 138 valence electrons. The summed E-state index contributed by atoms with van der Waals surface area (Å²) in [5.41, 5.74) is 6.83. The maximum Gasteiger partial charge on any atom is 0.417 e. The Morgan fingerprint density at radius 1 is 1.23 bits per heavy atom. The van der Waals surface area contributed by atoms with Gasteiger partial charge >= 0.3 is 6.18 Å². The molecular formula is C18H17ClF3N3O. The van der Waals surface area contributed by atoms with Gasteiger partial charge in [-0.25, -0.2) is 4.98 Å². The number of aromatic nitrogens is 2. The first-order valence-electron chi connectivity index (χ1n) is 7.95. The molecule has 3 aromatic rings. The molecule has 0 fully saturated rings. The van der Waals surface area contributed by atoms with Crippen molar-refractivity contribution in [3.8, 4) is 17.0 Å². The highest BCUT2D eigenvalue weighted by molar-refractivity contribution is 6.33. The molecule has 0 amide bonds. The van der Waals surface area contributed by atoms with Crippen LogP contribution in [0.25, 0.3) is 16.9 Å². The number of imidazole rings is 1. The van der Waals surface area contributed by atoms with Crippen molar-refractivity contribution in [2.75, 3.05) is 0 Å². The van der Waals surface area contributed by atoms with Crippen molar-refractivity contribution in [3.63, 3.8) is 0 Å². The molecule has 2 aromatic heterocycles. The molecule has 0 aliphatic heterocycles. The first-order chi connectivity index (χ1) is 12.2. The lowest BCUT2D eigenvalue weighted by Gasteiger charge is -2.10. The number of hydrogen-bond acceptors (Lipinski definition) is 3. The number of benzene rings is 1. The Morgan fingerprint density at radius 3 is 2.42 bits per heavy atom. The van der Waals surface area contributed by atoms with Crippen LogP contribution in [-0.4, -0.2) is 15.5 Å². The Kier molecular flexibility index (Phi) is 4.86. The standard InChI is InChI=1S/C18H17ClF3N3O/c1-10(2)26-13-5-3-11(4-6-13)16-15(8-23)25-9-12(18(20,21)22)7-14(19)17(25)24-16/h3-7,9-10H,8,23H2,1-2H3. The minimum Gasteiger partial charge on any atom is -0.491 e. The largest absolute Gasteiger partial charge is 0.491 e. The fourth-order valence-corrected chi connectivity index (χ4v) is 2.95. The molecule has 8 heteroatoms. The molecule has 0 bridgehead atoms. The first kappa shape index (κ1) is 18.5. The summed E-state index contributed by atoms with van der Waals surface area (Å²) in [6.07, 6.45) is -3.50. The summed E-state index contributed by atoms with van der Waals surface area (Å²) in [4.78, 5) is 4.41. The lowest BCUT2D eigenvalue weighted by Crippen LogP contribution is -2.09. The van der Waals surface area contributed by atoms with Gasteiger partial charge in [0.15, 0.2) is 5.65 Å². The van der Waals surface area contributed by atoms with Crippen molar-refractivity contribution < 1.29 is 17.9 Å². The van der Waals surface area contributed by atoms with Gasteiger partial charge in [0.25, 0.3) is 0 Å². The molecule has 0 atom stereocenters. The van der Waals surface area contributed by atoms with Crippen molar-refractivity contribution in [2.45, 2.75) is 32.7 Å². The van der Waals surface area contributed by atoms with Crippen molar-refractivity contribution in [1.82, 2.24) is 9.38 Å². The van der Waals surface area contributed by atoms with Gasteiger partial charge in [-0.1, -0.05) is 11.6 Å². The molecule has 0 aliphatic rings. The third-order valence-electron chi connectivity index (χ3n) is 3.79. The number of nitrogens with zero attached hydrogens (tertiary/aromatic N) is 2. The third-order valence-corrected chi connectivity index (χ3v) is 4.07. The van der Waals surface area contributed by atoms with Gasteiger partial charge in [0.05, 0.1) is 28.1 Å². The van der Waals surface area contributed by atoms with Gasteiger partial charge < -0.3 is 14.9 Å². The molecule has 3 rings (SSSR count). The van der Waals surface area contributed by atoms with E-state index in [0.29, 0.717) is 17.1 Å². The lowest BCUT2D eigenvalue weighted by molar-refractivity contribution is -0.137. The topological polar surface area (TPSA) is 52.5 Å². The SMILES string of the molecule is CC(C)Oc1ccc(-c2nc3c(Cl)cc(C(F)(F)F)cn3c2CN)cc1.